The lowest BCUT2D eigenvalue weighted by Gasteiger charge is -2.08. The second-order valence-corrected chi connectivity index (χ2v) is 4.57. The maximum absolute atomic E-state index is 9.01. The monoisotopic (exact) mass is 287 g/mol. The predicted molar refractivity (Wildman–Crippen MR) is 70.6 cm³/mol. The van der Waals surface area contributed by atoms with E-state index in [-0.39, 0.29) is 11.8 Å². The van der Waals surface area contributed by atoms with Crippen molar-refractivity contribution in [3.8, 4) is 11.3 Å². The van der Waals surface area contributed by atoms with Gasteiger partial charge in [0.2, 0.25) is 0 Å². The molecule has 2 rings (SSSR count). The van der Waals surface area contributed by atoms with Crippen LogP contribution in [0.3, 0.4) is 0 Å². The van der Waals surface area contributed by atoms with E-state index in [0.29, 0.717) is 26.9 Å². The molecule has 2 nitrogen and oxygen atoms in total. The predicted octanol–water partition coefficient (Wildman–Crippen LogP) is 4.20. The van der Waals surface area contributed by atoms with E-state index in [1.54, 1.807) is 30.3 Å². The highest BCUT2D eigenvalue weighted by molar-refractivity contribution is 6.39. The van der Waals surface area contributed by atoms with Gasteiger partial charge < -0.3 is 5.11 Å². The van der Waals surface area contributed by atoms with Gasteiger partial charge in [-0.1, -0.05) is 46.9 Å². The Morgan fingerprint density at radius 2 is 1.65 bits per heavy atom. The maximum atomic E-state index is 9.01. The SMILES string of the molecule is OCc1ccc(-c2c(Cl)cccc2Cl)nc1Cl. The van der Waals surface area contributed by atoms with Crippen LogP contribution >= 0.6 is 34.8 Å². The minimum absolute atomic E-state index is 0.150. The summed E-state index contributed by atoms with van der Waals surface area (Å²) < 4.78 is 0. The molecule has 1 aromatic carbocycles. The first kappa shape index (κ1) is 12.7. The molecule has 0 unspecified atom stereocenters. The van der Waals surface area contributed by atoms with Crippen LogP contribution in [0.25, 0.3) is 11.3 Å². The molecule has 0 fully saturated rings. The van der Waals surface area contributed by atoms with Gasteiger partial charge in [-0.15, -0.1) is 0 Å². The number of hydrogen-bond donors (Lipinski definition) is 1. The lowest BCUT2D eigenvalue weighted by Crippen LogP contribution is -1.92. The lowest BCUT2D eigenvalue weighted by atomic mass is 10.1. The van der Waals surface area contributed by atoms with Crippen LogP contribution in [0.5, 0.6) is 0 Å². The summed E-state index contributed by atoms with van der Waals surface area (Å²) in [7, 11) is 0. The van der Waals surface area contributed by atoms with E-state index in [1.807, 2.05) is 0 Å². The molecule has 0 radical (unpaired) electrons. The molecule has 88 valence electrons. The molecule has 0 aliphatic heterocycles. The molecule has 0 saturated carbocycles. The van der Waals surface area contributed by atoms with Crippen LogP contribution < -0.4 is 0 Å². The van der Waals surface area contributed by atoms with Gasteiger partial charge in [-0.2, -0.15) is 0 Å². The summed E-state index contributed by atoms with van der Waals surface area (Å²) in [6, 6.07) is 8.66. The molecule has 5 heteroatoms. The maximum Gasteiger partial charge on any atom is 0.135 e. The molecule has 0 aliphatic carbocycles. The number of aromatic nitrogens is 1. The van der Waals surface area contributed by atoms with E-state index >= 15 is 0 Å². The molecule has 0 aliphatic rings. The average molecular weight is 289 g/mol. The molecule has 0 atom stereocenters. The van der Waals surface area contributed by atoms with Crippen molar-refractivity contribution in [2.24, 2.45) is 0 Å². The minimum Gasteiger partial charge on any atom is -0.392 e. The zero-order valence-corrected chi connectivity index (χ0v) is 10.9. The molecule has 0 saturated heterocycles. The second-order valence-electron chi connectivity index (χ2n) is 3.40. The number of aliphatic hydroxyl groups is 1. The summed E-state index contributed by atoms with van der Waals surface area (Å²) in [4.78, 5) is 4.17. The molecule has 0 spiro atoms. The Labute approximate surface area is 114 Å². The van der Waals surface area contributed by atoms with E-state index in [9.17, 15) is 0 Å². The van der Waals surface area contributed by atoms with Crippen molar-refractivity contribution in [1.82, 2.24) is 4.98 Å². The third-order valence-electron chi connectivity index (χ3n) is 2.32. The van der Waals surface area contributed by atoms with E-state index < -0.39 is 0 Å². The third-order valence-corrected chi connectivity index (χ3v) is 3.27. The van der Waals surface area contributed by atoms with Crippen molar-refractivity contribution in [1.29, 1.82) is 0 Å². The van der Waals surface area contributed by atoms with Gasteiger partial charge in [-0.05, 0) is 18.2 Å². The Morgan fingerprint density at radius 1 is 1.00 bits per heavy atom. The van der Waals surface area contributed by atoms with Crippen molar-refractivity contribution >= 4 is 34.8 Å². The number of nitrogens with zero attached hydrogens (tertiary/aromatic N) is 1. The van der Waals surface area contributed by atoms with E-state index in [2.05, 4.69) is 4.98 Å². The van der Waals surface area contributed by atoms with Crippen molar-refractivity contribution in [2.45, 2.75) is 6.61 Å². The van der Waals surface area contributed by atoms with Crippen LogP contribution in [-0.2, 0) is 6.61 Å². The highest BCUT2D eigenvalue weighted by Crippen LogP contribution is 2.34. The van der Waals surface area contributed by atoms with Crippen LogP contribution in [0.4, 0.5) is 0 Å². The van der Waals surface area contributed by atoms with Gasteiger partial charge in [0, 0.05) is 11.1 Å². The smallest absolute Gasteiger partial charge is 0.135 e. The molecular weight excluding hydrogens is 280 g/mol. The summed E-state index contributed by atoms with van der Waals surface area (Å²) in [6.45, 7) is -0.150. The van der Waals surface area contributed by atoms with E-state index in [4.69, 9.17) is 39.9 Å². The summed E-state index contributed by atoms with van der Waals surface area (Å²) in [5.74, 6) is 0. The zero-order valence-electron chi connectivity index (χ0n) is 8.62. The molecule has 0 bridgehead atoms. The standard InChI is InChI=1S/C12H8Cl3NO/c13-8-2-1-3-9(14)11(8)10-5-4-7(6-17)12(15)16-10/h1-5,17H,6H2. The summed E-state index contributed by atoms with van der Waals surface area (Å²) in [5.41, 5.74) is 1.80. The molecular formula is C12H8Cl3NO. The van der Waals surface area contributed by atoms with E-state index in [1.165, 1.54) is 0 Å². The molecule has 1 N–H and O–H groups in total. The first-order valence-electron chi connectivity index (χ1n) is 4.84. The zero-order chi connectivity index (χ0) is 12.4. The first-order valence-corrected chi connectivity index (χ1v) is 5.97. The molecule has 17 heavy (non-hydrogen) atoms. The van der Waals surface area contributed by atoms with Gasteiger partial charge in [0.25, 0.3) is 0 Å². The highest BCUT2D eigenvalue weighted by Gasteiger charge is 2.11. The van der Waals surface area contributed by atoms with Crippen molar-refractivity contribution in [3.05, 3.63) is 51.1 Å². The first-order chi connectivity index (χ1) is 8.13. The number of benzene rings is 1. The van der Waals surface area contributed by atoms with Gasteiger partial charge in [-0.25, -0.2) is 4.98 Å². The van der Waals surface area contributed by atoms with Crippen LogP contribution in [0.15, 0.2) is 30.3 Å². The summed E-state index contributed by atoms with van der Waals surface area (Å²) in [6.07, 6.45) is 0. The second kappa shape index (κ2) is 5.23. The molecule has 1 heterocycles. The van der Waals surface area contributed by atoms with Crippen molar-refractivity contribution < 1.29 is 5.11 Å². The topological polar surface area (TPSA) is 33.1 Å². The van der Waals surface area contributed by atoms with Crippen LogP contribution in [-0.4, -0.2) is 10.1 Å². The number of pyridine rings is 1. The fourth-order valence-electron chi connectivity index (χ4n) is 1.46. The normalized spacial score (nSPS) is 10.6. The molecule has 1 aromatic heterocycles. The Kier molecular flexibility index (Phi) is 3.89. The fraction of sp³-hybridized carbons (Fsp3) is 0.0833. The molecule has 2 aromatic rings. The Morgan fingerprint density at radius 3 is 2.18 bits per heavy atom. The third kappa shape index (κ3) is 2.55. The largest absolute Gasteiger partial charge is 0.392 e. The van der Waals surface area contributed by atoms with Crippen LogP contribution in [0, 0.1) is 0 Å². The lowest BCUT2D eigenvalue weighted by molar-refractivity contribution is 0.281. The summed E-state index contributed by atoms with van der Waals surface area (Å²) in [5, 5.41) is 10.3. The Balaban J connectivity index is 2.57. The Hall–Kier alpha value is -0.800. The average Bonchev–Trinajstić information content (AvgIpc) is 2.29. The van der Waals surface area contributed by atoms with Gasteiger partial charge in [-0.3, -0.25) is 0 Å². The quantitative estimate of drug-likeness (QED) is 0.840. The fourth-order valence-corrected chi connectivity index (χ4v) is 2.27. The van der Waals surface area contributed by atoms with Crippen LogP contribution in [0.2, 0.25) is 15.2 Å². The van der Waals surface area contributed by atoms with Crippen LogP contribution in [0.1, 0.15) is 5.56 Å². The minimum atomic E-state index is -0.150. The van der Waals surface area contributed by atoms with Gasteiger partial charge in [0.15, 0.2) is 0 Å². The van der Waals surface area contributed by atoms with Gasteiger partial charge in [0.05, 0.1) is 22.3 Å². The number of hydrogen-bond acceptors (Lipinski definition) is 2. The highest BCUT2D eigenvalue weighted by atomic mass is 35.5. The van der Waals surface area contributed by atoms with Crippen molar-refractivity contribution in [3.63, 3.8) is 0 Å². The number of rotatable bonds is 2. The summed E-state index contributed by atoms with van der Waals surface area (Å²) >= 11 is 18.1. The van der Waals surface area contributed by atoms with Crippen molar-refractivity contribution in [2.75, 3.05) is 0 Å². The Bertz CT molecular complexity index is 537. The molecule has 0 amide bonds. The number of aliphatic hydroxyl groups excluding tert-OH is 1. The van der Waals surface area contributed by atoms with E-state index in [0.717, 1.165) is 0 Å². The van der Waals surface area contributed by atoms with Gasteiger partial charge in [0.1, 0.15) is 5.15 Å². The van der Waals surface area contributed by atoms with Gasteiger partial charge >= 0.3 is 0 Å². The number of halogens is 3.